The number of hydrogen-bond acceptors (Lipinski definition) is 2. The van der Waals surface area contributed by atoms with Crippen LogP contribution in [-0.2, 0) is 0 Å². The minimum atomic E-state index is 0.358. The van der Waals surface area contributed by atoms with Gasteiger partial charge >= 0.3 is 0 Å². The van der Waals surface area contributed by atoms with E-state index in [0.717, 1.165) is 6.34 Å². The monoisotopic (exact) mass is 105 g/mol. The van der Waals surface area contributed by atoms with Crippen molar-refractivity contribution in [3.63, 3.8) is 0 Å². The van der Waals surface area contributed by atoms with Crippen molar-refractivity contribution in [2.45, 2.75) is 0 Å². The molecule has 3 nitrogen and oxygen atoms in total. The van der Waals surface area contributed by atoms with Crippen molar-refractivity contribution in [1.82, 2.24) is 10.5 Å². The summed E-state index contributed by atoms with van der Waals surface area (Å²) in [4.78, 5) is 0. The molecule has 0 fully saturated rings. The second-order valence-corrected chi connectivity index (χ2v) is 0.993. The van der Waals surface area contributed by atoms with E-state index < -0.39 is 0 Å². The smallest absolute Gasteiger partial charge is 0.140 e. The highest BCUT2D eigenvalue weighted by atomic mass is 19.2. The predicted octanol–water partition coefficient (Wildman–Crippen LogP) is -0.0346. The summed E-state index contributed by atoms with van der Waals surface area (Å²) < 4.78 is 11.5. The maximum absolute atomic E-state index is 11.5. The maximum atomic E-state index is 11.5. The highest BCUT2D eigenvalue weighted by Gasteiger charge is 1.75. The van der Waals surface area contributed by atoms with Crippen molar-refractivity contribution in [1.29, 1.82) is 0 Å². The molecule has 0 amide bonds. The molecule has 0 rings (SSSR count). The zero-order valence-corrected chi connectivity index (χ0v) is 4.35. The molecule has 0 spiro atoms. The van der Waals surface area contributed by atoms with Crippen LogP contribution in [0.2, 0.25) is 0 Å². The van der Waals surface area contributed by atoms with Gasteiger partial charge in [-0.15, -0.1) is 0 Å². The van der Waals surface area contributed by atoms with Gasteiger partial charge in [-0.05, 0) is 0 Å². The normalized spacial score (nSPS) is 9.57. The summed E-state index contributed by atoms with van der Waals surface area (Å²) >= 11 is 0. The summed E-state index contributed by atoms with van der Waals surface area (Å²) in [6, 6.07) is 0. The number of rotatable bonds is 2. The van der Waals surface area contributed by atoms with E-state index in [1.807, 2.05) is 0 Å². The first-order valence-corrected chi connectivity index (χ1v) is 1.86. The molecular weight excluding hydrogens is 97.1 g/mol. The van der Waals surface area contributed by atoms with Crippen LogP contribution in [0.4, 0.5) is 4.48 Å². The van der Waals surface area contributed by atoms with Crippen LogP contribution in [0.25, 0.3) is 0 Å². The molecule has 0 bridgehead atoms. The van der Waals surface area contributed by atoms with Gasteiger partial charge in [-0.3, -0.25) is 0 Å². The number of hydrogen-bond donors (Lipinski definition) is 1. The Morgan fingerprint density at radius 2 is 2.43 bits per heavy atom. The molecule has 0 heterocycles. The summed E-state index contributed by atoms with van der Waals surface area (Å²) in [6.07, 6.45) is 1.03. The lowest BCUT2D eigenvalue weighted by molar-refractivity contribution is 0.169. The van der Waals surface area contributed by atoms with Crippen molar-refractivity contribution < 1.29 is 4.48 Å². The molecule has 1 N–H and O–H groups in total. The van der Waals surface area contributed by atoms with Crippen LogP contribution < -0.4 is 5.43 Å². The lowest BCUT2D eigenvalue weighted by atomic mass is 11.2. The van der Waals surface area contributed by atoms with Crippen LogP contribution in [-0.4, -0.2) is 25.6 Å². The predicted molar refractivity (Wildman–Crippen MR) is 26.4 cm³/mol. The molecule has 0 aromatic heterocycles. The van der Waals surface area contributed by atoms with Gasteiger partial charge in [-0.1, -0.05) is 4.48 Å². The summed E-state index contributed by atoms with van der Waals surface area (Å²) in [6.45, 7) is 0. The minimum Gasteiger partial charge on any atom is -0.312 e. The molecule has 4 heteroatoms. The van der Waals surface area contributed by atoms with Crippen molar-refractivity contribution >= 4 is 6.34 Å². The van der Waals surface area contributed by atoms with Crippen molar-refractivity contribution in [2.75, 3.05) is 14.1 Å². The summed E-state index contributed by atoms with van der Waals surface area (Å²) in [7, 11) is 2.85. The number of nitrogens with one attached hydrogen (secondary N) is 1. The maximum Gasteiger partial charge on any atom is 0.140 e. The molecule has 0 unspecified atom stereocenters. The molecule has 0 aliphatic rings. The van der Waals surface area contributed by atoms with E-state index in [1.54, 1.807) is 7.05 Å². The fourth-order valence-corrected chi connectivity index (χ4v) is 0.137. The summed E-state index contributed by atoms with van der Waals surface area (Å²) in [5.74, 6) is 0. The lowest BCUT2D eigenvalue weighted by Gasteiger charge is -1.93. The Labute approximate surface area is 41.7 Å². The van der Waals surface area contributed by atoms with Gasteiger partial charge in [0.05, 0.1) is 0 Å². The fourth-order valence-electron chi connectivity index (χ4n) is 0.137. The SMILES string of the molecule is CN/N=C\N(C)F. The highest BCUT2D eigenvalue weighted by Crippen LogP contribution is 1.69. The molecule has 42 valence electrons. The molecule has 0 aromatic rings. The fraction of sp³-hybridized carbons (Fsp3) is 0.667. The number of halogens is 1. The molecule has 0 radical (unpaired) electrons. The van der Waals surface area contributed by atoms with Crippen molar-refractivity contribution in [3.05, 3.63) is 0 Å². The molecule has 0 aliphatic carbocycles. The van der Waals surface area contributed by atoms with Crippen LogP contribution >= 0.6 is 0 Å². The van der Waals surface area contributed by atoms with E-state index in [9.17, 15) is 4.48 Å². The Hall–Kier alpha value is -0.800. The summed E-state index contributed by atoms with van der Waals surface area (Å²) in [5.41, 5.74) is 2.39. The van der Waals surface area contributed by atoms with Gasteiger partial charge < -0.3 is 5.43 Å². The Morgan fingerprint density at radius 1 is 1.86 bits per heavy atom. The first-order valence-electron chi connectivity index (χ1n) is 1.86. The Balaban J connectivity index is 3.08. The van der Waals surface area contributed by atoms with Gasteiger partial charge in [0.2, 0.25) is 0 Å². The quantitative estimate of drug-likeness (QED) is 0.231. The van der Waals surface area contributed by atoms with Crippen LogP contribution in [0.1, 0.15) is 0 Å². The molecule has 7 heavy (non-hydrogen) atoms. The van der Waals surface area contributed by atoms with Crippen molar-refractivity contribution in [3.8, 4) is 0 Å². The van der Waals surface area contributed by atoms with Crippen molar-refractivity contribution in [2.24, 2.45) is 5.10 Å². The number of hydrazone groups is 1. The molecular formula is C3H8FN3. The standard InChI is InChI=1S/C3H8FN3/c1-5-6-3-7(2)4/h3,5H,1-2H3/b6-3-. The molecule has 0 saturated heterocycles. The zero-order valence-electron chi connectivity index (χ0n) is 4.35. The first kappa shape index (κ1) is 6.20. The molecule has 0 saturated carbocycles. The molecule has 0 aromatic carbocycles. The van der Waals surface area contributed by atoms with Gasteiger partial charge in [0.15, 0.2) is 0 Å². The topological polar surface area (TPSA) is 27.6 Å². The minimum absolute atomic E-state index is 0.358. The van der Waals surface area contributed by atoms with E-state index in [4.69, 9.17) is 0 Å². The van der Waals surface area contributed by atoms with Gasteiger partial charge in [0, 0.05) is 14.1 Å². The Bertz CT molecular complexity index is 61.2. The molecule has 0 aliphatic heterocycles. The van der Waals surface area contributed by atoms with Gasteiger partial charge in [0.25, 0.3) is 0 Å². The largest absolute Gasteiger partial charge is 0.312 e. The van der Waals surface area contributed by atoms with Crippen LogP contribution in [0.5, 0.6) is 0 Å². The van der Waals surface area contributed by atoms with Gasteiger partial charge in [0.1, 0.15) is 6.34 Å². The average molecular weight is 105 g/mol. The van der Waals surface area contributed by atoms with Gasteiger partial charge in [-0.2, -0.15) is 5.10 Å². The second kappa shape index (κ2) is 3.39. The zero-order chi connectivity index (χ0) is 5.70. The van der Waals surface area contributed by atoms with Gasteiger partial charge in [-0.25, -0.2) is 5.12 Å². The average Bonchev–Trinajstić information content (AvgIpc) is 1.61. The first-order chi connectivity index (χ1) is 3.27. The Morgan fingerprint density at radius 3 is 2.57 bits per heavy atom. The third kappa shape index (κ3) is 5.20. The third-order valence-electron chi connectivity index (χ3n) is 0.346. The Kier molecular flexibility index (Phi) is 3.00. The second-order valence-electron chi connectivity index (χ2n) is 0.993. The van der Waals surface area contributed by atoms with Crippen LogP contribution in [0.15, 0.2) is 5.10 Å². The van der Waals surface area contributed by atoms with Crippen LogP contribution in [0.3, 0.4) is 0 Å². The van der Waals surface area contributed by atoms with Crippen LogP contribution in [0, 0.1) is 0 Å². The highest BCUT2D eigenvalue weighted by molar-refractivity contribution is 5.51. The third-order valence-corrected chi connectivity index (χ3v) is 0.346. The summed E-state index contributed by atoms with van der Waals surface area (Å²) in [5, 5.41) is 3.70. The van der Waals surface area contributed by atoms with E-state index >= 15 is 0 Å². The van der Waals surface area contributed by atoms with E-state index in [-0.39, 0.29) is 0 Å². The van der Waals surface area contributed by atoms with E-state index in [2.05, 4.69) is 10.5 Å². The lowest BCUT2D eigenvalue weighted by Crippen LogP contribution is -2.05. The molecule has 0 atom stereocenters. The van der Waals surface area contributed by atoms with E-state index in [0.29, 0.717) is 5.12 Å². The number of nitrogens with zero attached hydrogens (tertiary/aromatic N) is 2. The van der Waals surface area contributed by atoms with E-state index in [1.165, 1.54) is 7.05 Å².